The van der Waals surface area contributed by atoms with Crippen LogP contribution in [0.5, 0.6) is 5.75 Å². The average Bonchev–Trinajstić information content (AvgIpc) is 2.34. The molecule has 96 valence electrons. The number of carboxylic acids is 1. The first kappa shape index (κ1) is 14.3. The third-order valence-corrected chi connectivity index (χ3v) is 2.66. The molecule has 0 saturated heterocycles. The van der Waals surface area contributed by atoms with Crippen LogP contribution in [-0.4, -0.2) is 17.2 Å². The summed E-state index contributed by atoms with van der Waals surface area (Å²) >= 11 is 5.80. The molecule has 0 radical (unpaired) electrons. The summed E-state index contributed by atoms with van der Waals surface area (Å²) in [5, 5.41) is 18.4. The van der Waals surface area contributed by atoms with Gasteiger partial charge >= 0.3 is 5.97 Å². The Balaban J connectivity index is 2.89. The molecule has 4 nitrogen and oxygen atoms in total. The number of aliphatic carboxylic acids is 1. The van der Waals surface area contributed by atoms with Crippen molar-refractivity contribution < 1.29 is 14.6 Å². The summed E-state index contributed by atoms with van der Waals surface area (Å²) in [6.45, 7) is 1.97. The summed E-state index contributed by atoms with van der Waals surface area (Å²) in [5.41, 5.74) is 0.280. The summed E-state index contributed by atoms with van der Waals surface area (Å²) < 4.78 is 5.37. The smallest absolute Gasteiger partial charge is 0.344 e. The lowest BCUT2D eigenvalue weighted by Crippen LogP contribution is -2.27. The van der Waals surface area contributed by atoms with Gasteiger partial charge in [-0.05, 0) is 25.0 Å². The predicted molar refractivity (Wildman–Crippen MR) is 67.7 cm³/mol. The van der Waals surface area contributed by atoms with Crippen LogP contribution >= 0.6 is 11.6 Å². The van der Waals surface area contributed by atoms with Crippen LogP contribution < -0.4 is 4.74 Å². The Hall–Kier alpha value is -1.73. The van der Waals surface area contributed by atoms with E-state index in [-0.39, 0.29) is 11.3 Å². The number of carbonyl (C=O) groups is 1. The van der Waals surface area contributed by atoms with E-state index in [0.717, 1.165) is 12.8 Å². The van der Waals surface area contributed by atoms with Gasteiger partial charge in [-0.25, -0.2) is 4.79 Å². The van der Waals surface area contributed by atoms with E-state index in [1.54, 1.807) is 6.07 Å². The van der Waals surface area contributed by atoms with E-state index >= 15 is 0 Å². The first-order valence-corrected chi connectivity index (χ1v) is 6.05. The van der Waals surface area contributed by atoms with Gasteiger partial charge in [0.05, 0.1) is 5.56 Å². The standard InChI is InChI=1S/C13H14ClNO3/c1-2-3-4-11(13(16)17)18-12-7-10(14)6-5-9(12)8-15/h5-7,11H,2-4H2,1H3,(H,16,17). The number of benzene rings is 1. The van der Waals surface area contributed by atoms with Crippen molar-refractivity contribution in [3.8, 4) is 11.8 Å². The molecular weight excluding hydrogens is 254 g/mol. The monoisotopic (exact) mass is 267 g/mol. The molecule has 5 heteroatoms. The molecular formula is C13H14ClNO3. The predicted octanol–water partition coefficient (Wildman–Crippen LogP) is 3.23. The summed E-state index contributed by atoms with van der Waals surface area (Å²) in [6, 6.07) is 6.48. The van der Waals surface area contributed by atoms with Gasteiger partial charge in [0.1, 0.15) is 11.8 Å². The topological polar surface area (TPSA) is 70.3 Å². The number of hydrogen-bond acceptors (Lipinski definition) is 3. The van der Waals surface area contributed by atoms with Gasteiger partial charge in [0.25, 0.3) is 0 Å². The molecule has 1 N–H and O–H groups in total. The number of nitrogens with zero attached hydrogens (tertiary/aromatic N) is 1. The summed E-state index contributed by atoms with van der Waals surface area (Å²) in [6.07, 6.45) is 1.09. The molecule has 0 heterocycles. The lowest BCUT2D eigenvalue weighted by molar-refractivity contribution is -0.145. The first-order valence-electron chi connectivity index (χ1n) is 5.67. The van der Waals surface area contributed by atoms with Crippen LogP contribution in [0, 0.1) is 11.3 Å². The Morgan fingerprint density at radius 2 is 2.33 bits per heavy atom. The molecule has 0 amide bonds. The maximum Gasteiger partial charge on any atom is 0.344 e. The zero-order valence-electron chi connectivity index (χ0n) is 10.0. The molecule has 0 aliphatic heterocycles. The number of halogens is 1. The molecule has 0 bridgehead atoms. The maximum absolute atomic E-state index is 11.1. The van der Waals surface area contributed by atoms with E-state index < -0.39 is 12.1 Å². The minimum absolute atomic E-state index is 0.216. The maximum atomic E-state index is 11.1. The van der Waals surface area contributed by atoms with Gasteiger partial charge in [0, 0.05) is 11.1 Å². The zero-order chi connectivity index (χ0) is 13.5. The minimum atomic E-state index is -1.03. The Kier molecular flexibility index (Phi) is 5.47. The lowest BCUT2D eigenvalue weighted by Gasteiger charge is -2.15. The average molecular weight is 268 g/mol. The quantitative estimate of drug-likeness (QED) is 0.859. The largest absolute Gasteiger partial charge is 0.479 e. The lowest BCUT2D eigenvalue weighted by atomic mass is 10.1. The summed E-state index contributed by atoms with van der Waals surface area (Å²) in [7, 11) is 0. The Labute approximate surface area is 111 Å². The Bertz CT molecular complexity index is 468. The fourth-order valence-electron chi connectivity index (χ4n) is 1.46. The van der Waals surface area contributed by atoms with Gasteiger partial charge in [-0.3, -0.25) is 0 Å². The number of unbranched alkanes of at least 4 members (excludes halogenated alkanes) is 1. The van der Waals surface area contributed by atoms with Crippen molar-refractivity contribution in [1.82, 2.24) is 0 Å². The van der Waals surface area contributed by atoms with Crippen molar-refractivity contribution in [2.45, 2.75) is 32.3 Å². The molecule has 0 aromatic heterocycles. The second kappa shape index (κ2) is 6.87. The third kappa shape index (κ3) is 3.94. The molecule has 18 heavy (non-hydrogen) atoms. The zero-order valence-corrected chi connectivity index (χ0v) is 10.8. The molecule has 0 aliphatic carbocycles. The first-order chi connectivity index (χ1) is 8.58. The fourth-order valence-corrected chi connectivity index (χ4v) is 1.62. The van der Waals surface area contributed by atoms with E-state index in [2.05, 4.69) is 0 Å². The molecule has 1 aromatic rings. The van der Waals surface area contributed by atoms with Gasteiger partial charge in [0.2, 0.25) is 0 Å². The van der Waals surface area contributed by atoms with E-state index in [4.69, 9.17) is 26.7 Å². The molecule has 1 atom stereocenters. The van der Waals surface area contributed by atoms with Crippen molar-refractivity contribution in [3.05, 3.63) is 28.8 Å². The third-order valence-electron chi connectivity index (χ3n) is 2.43. The van der Waals surface area contributed by atoms with Crippen LogP contribution in [0.2, 0.25) is 5.02 Å². The molecule has 0 saturated carbocycles. The number of nitriles is 1. The highest BCUT2D eigenvalue weighted by Gasteiger charge is 2.20. The molecule has 1 rings (SSSR count). The van der Waals surface area contributed by atoms with Crippen molar-refractivity contribution in [2.24, 2.45) is 0 Å². The molecule has 0 spiro atoms. The number of ether oxygens (including phenoxy) is 1. The molecule has 1 aromatic carbocycles. The normalized spacial score (nSPS) is 11.6. The van der Waals surface area contributed by atoms with Gasteiger partial charge in [0.15, 0.2) is 6.10 Å². The molecule has 0 aliphatic rings. The number of rotatable bonds is 6. The highest BCUT2D eigenvalue weighted by molar-refractivity contribution is 6.30. The van der Waals surface area contributed by atoms with Crippen LogP contribution in [0.25, 0.3) is 0 Å². The van der Waals surface area contributed by atoms with Gasteiger partial charge in [-0.2, -0.15) is 5.26 Å². The SMILES string of the molecule is CCCCC(Oc1cc(Cl)ccc1C#N)C(=O)O. The second-order valence-corrected chi connectivity index (χ2v) is 4.28. The second-order valence-electron chi connectivity index (χ2n) is 3.84. The van der Waals surface area contributed by atoms with Crippen LogP contribution in [0.1, 0.15) is 31.7 Å². The highest BCUT2D eigenvalue weighted by Crippen LogP contribution is 2.24. The van der Waals surface area contributed by atoms with Crippen LogP contribution in [0.4, 0.5) is 0 Å². The molecule has 0 fully saturated rings. The Morgan fingerprint density at radius 3 is 2.89 bits per heavy atom. The summed E-state index contributed by atoms with van der Waals surface area (Å²) in [4.78, 5) is 11.1. The van der Waals surface area contributed by atoms with Crippen LogP contribution in [-0.2, 0) is 4.79 Å². The van der Waals surface area contributed by atoms with E-state index in [1.165, 1.54) is 12.1 Å². The van der Waals surface area contributed by atoms with Gasteiger partial charge < -0.3 is 9.84 Å². The minimum Gasteiger partial charge on any atom is -0.479 e. The van der Waals surface area contributed by atoms with Gasteiger partial charge in [-0.15, -0.1) is 0 Å². The van der Waals surface area contributed by atoms with Crippen LogP contribution in [0.15, 0.2) is 18.2 Å². The van der Waals surface area contributed by atoms with Crippen LogP contribution in [0.3, 0.4) is 0 Å². The summed E-state index contributed by atoms with van der Waals surface area (Å²) in [5.74, 6) is -0.819. The van der Waals surface area contributed by atoms with Crippen molar-refractivity contribution in [2.75, 3.05) is 0 Å². The number of hydrogen-bond donors (Lipinski definition) is 1. The van der Waals surface area contributed by atoms with Crippen molar-refractivity contribution in [1.29, 1.82) is 5.26 Å². The number of carboxylic acid groups (broad SMARTS) is 1. The highest BCUT2D eigenvalue weighted by atomic mass is 35.5. The van der Waals surface area contributed by atoms with E-state index in [0.29, 0.717) is 11.4 Å². The van der Waals surface area contributed by atoms with Crippen molar-refractivity contribution >= 4 is 17.6 Å². The molecule has 1 unspecified atom stereocenters. The fraction of sp³-hybridized carbons (Fsp3) is 0.385. The Morgan fingerprint density at radius 1 is 1.61 bits per heavy atom. The van der Waals surface area contributed by atoms with Crippen molar-refractivity contribution in [3.63, 3.8) is 0 Å². The van der Waals surface area contributed by atoms with E-state index in [1.807, 2.05) is 13.0 Å². The van der Waals surface area contributed by atoms with E-state index in [9.17, 15) is 4.79 Å². The van der Waals surface area contributed by atoms with Gasteiger partial charge in [-0.1, -0.05) is 24.9 Å².